The summed E-state index contributed by atoms with van der Waals surface area (Å²) in [6.45, 7) is 11.5. The van der Waals surface area contributed by atoms with Crippen LogP contribution in [0.4, 0.5) is 0 Å². The van der Waals surface area contributed by atoms with Crippen LogP contribution in [0.3, 0.4) is 0 Å². The van der Waals surface area contributed by atoms with Crippen LogP contribution in [-0.4, -0.2) is 72.3 Å². The largest absolute Gasteiger partial charge is 0.342 e. The van der Waals surface area contributed by atoms with Gasteiger partial charge in [-0.3, -0.25) is 14.5 Å². The second-order valence-electron chi connectivity index (χ2n) is 6.03. The van der Waals surface area contributed by atoms with Crippen LogP contribution in [0, 0.1) is 0 Å². The Morgan fingerprint density at radius 3 is 2.32 bits per heavy atom. The number of rotatable bonds is 8. The lowest BCUT2D eigenvalue weighted by atomic mass is 10.2. The second kappa shape index (κ2) is 10.6. The summed E-state index contributed by atoms with van der Waals surface area (Å²) in [5.74, 6) is 0.484. The molecule has 0 aromatic rings. The van der Waals surface area contributed by atoms with Crippen LogP contribution in [0.2, 0.25) is 0 Å². The Balaban J connectivity index is 2.38. The fourth-order valence-electron chi connectivity index (χ4n) is 2.93. The van der Waals surface area contributed by atoms with E-state index >= 15 is 0 Å². The second-order valence-corrected chi connectivity index (χ2v) is 6.03. The maximum Gasteiger partial charge on any atom is 0.236 e. The van der Waals surface area contributed by atoms with Gasteiger partial charge in [-0.1, -0.05) is 19.8 Å². The van der Waals surface area contributed by atoms with E-state index in [0.29, 0.717) is 13.0 Å². The third-order valence-corrected chi connectivity index (χ3v) is 4.41. The van der Waals surface area contributed by atoms with Crippen molar-refractivity contribution >= 4 is 11.8 Å². The highest BCUT2D eigenvalue weighted by Crippen LogP contribution is 2.08. The first kappa shape index (κ1) is 18.9. The van der Waals surface area contributed by atoms with Crippen LogP contribution in [-0.2, 0) is 9.59 Å². The van der Waals surface area contributed by atoms with Gasteiger partial charge in [0.15, 0.2) is 0 Å². The fraction of sp³-hybridized carbons (Fsp3) is 0.882. The molecule has 1 heterocycles. The number of hydrogen-bond acceptors (Lipinski definition) is 3. The summed E-state index contributed by atoms with van der Waals surface area (Å²) in [4.78, 5) is 30.4. The Hall–Kier alpha value is -1.10. The van der Waals surface area contributed by atoms with Gasteiger partial charge >= 0.3 is 0 Å². The first-order valence-corrected chi connectivity index (χ1v) is 8.90. The van der Waals surface area contributed by atoms with Crippen molar-refractivity contribution in [1.29, 1.82) is 0 Å². The summed E-state index contributed by atoms with van der Waals surface area (Å²) in [7, 11) is 0. The minimum absolute atomic E-state index is 0.202. The molecule has 0 aromatic carbocycles. The summed E-state index contributed by atoms with van der Waals surface area (Å²) >= 11 is 0. The Morgan fingerprint density at radius 2 is 1.68 bits per heavy atom. The van der Waals surface area contributed by atoms with Crippen LogP contribution >= 0.6 is 0 Å². The first-order valence-electron chi connectivity index (χ1n) is 8.90. The predicted octanol–water partition coefficient (Wildman–Crippen LogP) is 1.97. The summed E-state index contributed by atoms with van der Waals surface area (Å²) in [6.07, 6.45) is 4.91. The number of amides is 2. The van der Waals surface area contributed by atoms with Crippen molar-refractivity contribution in [2.75, 3.05) is 45.8 Å². The Morgan fingerprint density at radius 1 is 0.955 bits per heavy atom. The van der Waals surface area contributed by atoms with Crippen molar-refractivity contribution in [3.05, 3.63) is 0 Å². The average molecular weight is 311 g/mol. The van der Waals surface area contributed by atoms with Crippen molar-refractivity contribution in [2.45, 2.75) is 52.9 Å². The molecular formula is C17H33N3O2. The lowest BCUT2D eigenvalue weighted by molar-refractivity contribution is -0.132. The molecule has 0 bridgehead atoms. The number of nitrogens with zero attached hydrogens (tertiary/aromatic N) is 3. The first-order chi connectivity index (χ1) is 10.6. The standard InChI is InChI=1S/C17H33N3O2/c1-4-7-8-10-16(21)20-12-9-11-18(13-14-20)15-17(22)19(5-2)6-3/h4-15H2,1-3H3. The van der Waals surface area contributed by atoms with Gasteiger partial charge in [-0.2, -0.15) is 0 Å². The van der Waals surface area contributed by atoms with Crippen molar-refractivity contribution in [2.24, 2.45) is 0 Å². The third-order valence-electron chi connectivity index (χ3n) is 4.41. The molecule has 0 aliphatic carbocycles. The molecule has 0 N–H and O–H groups in total. The normalized spacial score (nSPS) is 16.4. The maximum atomic E-state index is 12.2. The maximum absolute atomic E-state index is 12.2. The molecule has 1 aliphatic heterocycles. The monoisotopic (exact) mass is 311 g/mol. The van der Waals surface area contributed by atoms with Gasteiger partial charge in [-0.25, -0.2) is 0 Å². The van der Waals surface area contributed by atoms with Crippen LogP contribution in [0.15, 0.2) is 0 Å². The molecule has 22 heavy (non-hydrogen) atoms. The zero-order valence-electron chi connectivity index (χ0n) is 14.6. The van der Waals surface area contributed by atoms with E-state index in [1.54, 1.807) is 0 Å². The van der Waals surface area contributed by atoms with E-state index in [1.165, 1.54) is 0 Å². The Labute approximate surface area is 135 Å². The molecule has 0 unspecified atom stereocenters. The molecule has 5 nitrogen and oxygen atoms in total. The molecule has 0 spiro atoms. The summed E-state index contributed by atoms with van der Waals surface area (Å²) in [5.41, 5.74) is 0. The van der Waals surface area contributed by atoms with Crippen LogP contribution < -0.4 is 0 Å². The van der Waals surface area contributed by atoms with Crippen LogP contribution in [0.1, 0.15) is 52.9 Å². The molecule has 0 aromatic heterocycles. The Kier molecular flexibility index (Phi) is 9.13. The van der Waals surface area contributed by atoms with E-state index in [9.17, 15) is 9.59 Å². The molecule has 1 saturated heterocycles. The van der Waals surface area contributed by atoms with Gasteiger partial charge in [0, 0.05) is 45.7 Å². The molecular weight excluding hydrogens is 278 g/mol. The molecule has 2 amide bonds. The van der Waals surface area contributed by atoms with Gasteiger partial charge in [0.2, 0.25) is 11.8 Å². The molecule has 5 heteroatoms. The van der Waals surface area contributed by atoms with Crippen molar-refractivity contribution < 1.29 is 9.59 Å². The number of likely N-dealkylation sites (N-methyl/N-ethyl adjacent to an activating group) is 1. The van der Waals surface area contributed by atoms with Gasteiger partial charge in [0.1, 0.15) is 0 Å². The van der Waals surface area contributed by atoms with Gasteiger partial charge in [0.25, 0.3) is 0 Å². The summed E-state index contributed by atoms with van der Waals surface area (Å²) in [6, 6.07) is 0. The molecule has 1 rings (SSSR count). The molecule has 0 atom stereocenters. The highest BCUT2D eigenvalue weighted by molar-refractivity contribution is 5.78. The van der Waals surface area contributed by atoms with Gasteiger partial charge in [-0.15, -0.1) is 0 Å². The van der Waals surface area contributed by atoms with E-state index in [-0.39, 0.29) is 11.8 Å². The van der Waals surface area contributed by atoms with Crippen molar-refractivity contribution in [1.82, 2.24) is 14.7 Å². The minimum Gasteiger partial charge on any atom is -0.342 e. The summed E-state index contributed by atoms with van der Waals surface area (Å²) < 4.78 is 0. The van der Waals surface area contributed by atoms with Crippen LogP contribution in [0.25, 0.3) is 0 Å². The fourth-order valence-corrected chi connectivity index (χ4v) is 2.93. The van der Waals surface area contributed by atoms with Crippen LogP contribution in [0.5, 0.6) is 0 Å². The number of hydrogen-bond donors (Lipinski definition) is 0. The zero-order chi connectivity index (χ0) is 16.4. The van der Waals surface area contributed by atoms with E-state index in [1.807, 2.05) is 23.6 Å². The smallest absolute Gasteiger partial charge is 0.236 e. The predicted molar refractivity (Wildman–Crippen MR) is 89.7 cm³/mol. The van der Waals surface area contributed by atoms with E-state index in [2.05, 4.69) is 11.8 Å². The third kappa shape index (κ3) is 6.34. The lowest BCUT2D eigenvalue weighted by Crippen LogP contribution is -2.42. The molecule has 1 fully saturated rings. The van der Waals surface area contributed by atoms with Gasteiger partial charge < -0.3 is 9.80 Å². The molecule has 0 saturated carbocycles. The van der Waals surface area contributed by atoms with E-state index < -0.39 is 0 Å². The lowest BCUT2D eigenvalue weighted by Gasteiger charge is -2.25. The van der Waals surface area contributed by atoms with Gasteiger partial charge in [-0.05, 0) is 26.7 Å². The quantitative estimate of drug-likeness (QED) is 0.644. The number of carbonyl (C=O) groups is 2. The zero-order valence-corrected chi connectivity index (χ0v) is 14.6. The number of carbonyl (C=O) groups excluding carboxylic acids is 2. The molecule has 1 aliphatic rings. The van der Waals surface area contributed by atoms with E-state index in [0.717, 1.165) is 65.0 Å². The highest BCUT2D eigenvalue weighted by Gasteiger charge is 2.21. The minimum atomic E-state index is 0.202. The SMILES string of the molecule is CCCCCC(=O)N1CCCN(CC(=O)N(CC)CC)CC1. The summed E-state index contributed by atoms with van der Waals surface area (Å²) in [5, 5.41) is 0. The van der Waals surface area contributed by atoms with Crippen molar-refractivity contribution in [3.8, 4) is 0 Å². The van der Waals surface area contributed by atoms with Gasteiger partial charge in [0.05, 0.1) is 6.54 Å². The highest BCUT2D eigenvalue weighted by atomic mass is 16.2. The Bertz CT molecular complexity index is 343. The topological polar surface area (TPSA) is 43.9 Å². The molecule has 128 valence electrons. The molecule has 0 radical (unpaired) electrons. The average Bonchev–Trinajstić information content (AvgIpc) is 2.74. The van der Waals surface area contributed by atoms with E-state index in [4.69, 9.17) is 0 Å². The number of unbranched alkanes of at least 4 members (excludes halogenated alkanes) is 2. The van der Waals surface area contributed by atoms with Crippen molar-refractivity contribution in [3.63, 3.8) is 0 Å².